The topological polar surface area (TPSA) is 107 Å². The molecule has 2 amide bonds. The van der Waals surface area contributed by atoms with Crippen molar-refractivity contribution < 1.29 is 14.3 Å². The van der Waals surface area contributed by atoms with Crippen LogP contribution >= 0.6 is 0 Å². The summed E-state index contributed by atoms with van der Waals surface area (Å²) < 4.78 is 4.90. The molecule has 0 aromatic carbocycles. The fraction of sp³-hybridized carbons (Fsp3) is 0.800. The van der Waals surface area contributed by atoms with Gasteiger partial charge in [0.2, 0.25) is 11.8 Å². The van der Waals surface area contributed by atoms with Crippen molar-refractivity contribution in [1.29, 1.82) is 0 Å². The van der Waals surface area contributed by atoms with Crippen molar-refractivity contribution in [2.45, 2.75) is 31.2 Å². The fourth-order valence-electron chi connectivity index (χ4n) is 1.63. The van der Waals surface area contributed by atoms with Gasteiger partial charge < -0.3 is 21.5 Å². The first kappa shape index (κ1) is 12.9. The number of ether oxygens (including phenoxy) is 1. The molecule has 1 aliphatic carbocycles. The third-order valence-electron chi connectivity index (χ3n) is 2.67. The lowest BCUT2D eigenvalue weighted by Gasteiger charge is -2.37. The van der Waals surface area contributed by atoms with Crippen LogP contribution in [0.1, 0.15) is 25.7 Å². The van der Waals surface area contributed by atoms with Gasteiger partial charge in [-0.1, -0.05) is 0 Å². The monoisotopic (exact) mass is 229 g/mol. The lowest BCUT2D eigenvalue weighted by molar-refractivity contribution is -0.123. The molecule has 0 atom stereocenters. The van der Waals surface area contributed by atoms with Gasteiger partial charge in [-0.05, 0) is 19.3 Å². The standard InChI is InChI=1S/C10H19N3O3/c11-8(14)7-16-5-4-13-9(15)6-10(12)2-1-3-10/h1-7,12H2,(H2,11,14)(H,13,15). The average molecular weight is 229 g/mol. The Labute approximate surface area is 94.7 Å². The zero-order valence-corrected chi connectivity index (χ0v) is 9.33. The highest BCUT2D eigenvalue weighted by molar-refractivity contribution is 5.77. The van der Waals surface area contributed by atoms with Crippen molar-refractivity contribution in [2.24, 2.45) is 11.5 Å². The van der Waals surface area contributed by atoms with Gasteiger partial charge in [0.1, 0.15) is 6.61 Å². The molecule has 92 valence electrons. The molecular formula is C10H19N3O3. The van der Waals surface area contributed by atoms with E-state index in [1.807, 2.05) is 0 Å². The van der Waals surface area contributed by atoms with E-state index in [4.69, 9.17) is 16.2 Å². The highest BCUT2D eigenvalue weighted by Crippen LogP contribution is 2.31. The molecule has 1 rings (SSSR count). The zero-order chi connectivity index (χ0) is 12.0. The number of hydrogen-bond acceptors (Lipinski definition) is 4. The van der Waals surface area contributed by atoms with Crippen LogP contribution in [0.3, 0.4) is 0 Å². The first-order valence-corrected chi connectivity index (χ1v) is 5.43. The van der Waals surface area contributed by atoms with Gasteiger partial charge in [-0.15, -0.1) is 0 Å². The minimum atomic E-state index is -0.512. The van der Waals surface area contributed by atoms with Gasteiger partial charge in [-0.2, -0.15) is 0 Å². The van der Waals surface area contributed by atoms with Gasteiger partial charge in [-0.3, -0.25) is 9.59 Å². The normalized spacial score (nSPS) is 17.6. The Morgan fingerprint density at radius 3 is 2.56 bits per heavy atom. The molecule has 0 heterocycles. The molecule has 0 aromatic rings. The van der Waals surface area contributed by atoms with Crippen LogP contribution in [-0.4, -0.2) is 37.1 Å². The molecule has 16 heavy (non-hydrogen) atoms. The molecule has 0 aromatic heterocycles. The molecule has 0 unspecified atom stereocenters. The second-order valence-corrected chi connectivity index (χ2v) is 4.26. The number of carbonyl (C=O) groups is 2. The largest absolute Gasteiger partial charge is 0.370 e. The molecule has 0 saturated heterocycles. The second-order valence-electron chi connectivity index (χ2n) is 4.26. The minimum Gasteiger partial charge on any atom is -0.370 e. The molecule has 1 fully saturated rings. The predicted molar refractivity (Wildman–Crippen MR) is 58.4 cm³/mol. The molecule has 0 bridgehead atoms. The molecule has 6 heteroatoms. The molecule has 1 saturated carbocycles. The maximum absolute atomic E-state index is 11.4. The first-order valence-electron chi connectivity index (χ1n) is 5.43. The van der Waals surface area contributed by atoms with Crippen molar-refractivity contribution in [3.05, 3.63) is 0 Å². The lowest BCUT2D eigenvalue weighted by atomic mass is 9.75. The van der Waals surface area contributed by atoms with E-state index in [-0.39, 0.29) is 24.7 Å². The van der Waals surface area contributed by atoms with Gasteiger partial charge in [-0.25, -0.2) is 0 Å². The Kier molecular flexibility index (Phi) is 4.70. The van der Waals surface area contributed by atoms with Gasteiger partial charge in [0.15, 0.2) is 0 Å². The van der Waals surface area contributed by atoms with Crippen LogP contribution in [0.5, 0.6) is 0 Å². The Bertz CT molecular complexity index is 264. The third kappa shape index (κ3) is 4.59. The van der Waals surface area contributed by atoms with Gasteiger partial charge >= 0.3 is 0 Å². The molecule has 0 aliphatic heterocycles. The summed E-state index contributed by atoms with van der Waals surface area (Å²) in [5.74, 6) is -0.577. The smallest absolute Gasteiger partial charge is 0.243 e. The predicted octanol–water partition coefficient (Wildman–Crippen LogP) is -1.12. The van der Waals surface area contributed by atoms with E-state index < -0.39 is 5.91 Å². The van der Waals surface area contributed by atoms with Gasteiger partial charge in [0.05, 0.1) is 6.61 Å². The van der Waals surface area contributed by atoms with Crippen LogP contribution in [0.25, 0.3) is 0 Å². The maximum Gasteiger partial charge on any atom is 0.243 e. The summed E-state index contributed by atoms with van der Waals surface area (Å²) in [5, 5.41) is 2.68. The summed E-state index contributed by atoms with van der Waals surface area (Å²) in [5.41, 5.74) is 10.5. The van der Waals surface area contributed by atoms with Crippen LogP contribution in [0.15, 0.2) is 0 Å². The highest BCUT2D eigenvalue weighted by Gasteiger charge is 2.34. The van der Waals surface area contributed by atoms with Crippen molar-refractivity contribution >= 4 is 11.8 Å². The Morgan fingerprint density at radius 1 is 1.38 bits per heavy atom. The number of primary amides is 1. The van der Waals surface area contributed by atoms with Crippen LogP contribution in [0.4, 0.5) is 0 Å². The number of nitrogens with one attached hydrogen (secondary N) is 1. The lowest BCUT2D eigenvalue weighted by Crippen LogP contribution is -2.50. The molecule has 5 N–H and O–H groups in total. The van der Waals surface area contributed by atoms with Crippen LogP contribution in [-0.2, 0) is 14.3 Å². The number of carbonyl (C=O) groups excluding carboxylic acids is 2. The van der Waals surface area contributed by atoms with Crippen molar-refractivity contribution in [1.82, 2.24) is 5.32 Å². The van der Waals surface area contributed by atoms with Crippen LogP contribution in [0.2, 0.25) is 0 Å². The first-order chi connectivity index (χ1) is 7.52. The van der Waals surface area contributed by atoms with E-state index in [0.717, 1.165) is 19.3 Å². The van der Waals surface area contributed by atoms with E-state index in [1.54, 1.807) is 0 Å². The highest BCUT2D eigenvalue weighted by atomic mass is 16.5. The van der Waals surface area contributed by atoms with E-state index in [2.05, 4.69) is 5.32 Å². The number of nitrogens with two attached hydrogens (primary N) is 2. The second kappa shape index (κ2) is 5.81. The van der Waals surface area contributed by atoms with Crippen LogP contribution in [0, 0.1) is 0 Å². The zero-order valence-electron chi connectivity index (χ0n) is 9.33. The van der Waals surface area contributed by atoms with E-state index in [9.17, 15) is 9.59 Å². The van der Waals surface area contributed by atoms with Crippen molar-refractivity contribution in [3.63, 3.8) is 0 Å². The molecule has 0 radical (unpaired) electrons. The van der Waals surface area contributed by atoms with E-state index >= 15 is 0 Å². The number of rotatable bonds is 7. The summed E-state index contributed by atoms with van der Waals surface area (Å²) in [4.78, 5) is 21.7. The molecule has 1 aliphatic rings. The van der Waals surface area contributed by atoms with Crippen molar-refractivity contribution in [3.8, 4) is 0 Å². The van der Waals surface area contributed by atoms with Gasteiger partial charge in [0.25, 0.3) is 0 Å². The van der Waals surface area contributed by atoms with E-state index in [1.165, 1.54) is 0 Å². The quantitative estimate of drug-likeness (QED) is 0.480. The Hall–Kier alpha value is -1.14. The SMILES string of the molecule is NC(=O)COCCNC(=O)CC1(N)CCC1. The summed E-state index contributed by atoms with van der Waals surface area (Å²) in [6.07, 6.45) is 3.30. The molecule has 0 spiro atoms. The third-order valence-corrected chi connectivity index (χ3v) is 2.67. The average Bonchev–Trinajstić information content (AvgIpc) is 2.14. The summed E-state index contributed by atoms with van der Waals surface area (Å²) >= 11 is 0. The number of hydrogen-bond donors (Lipinski definition) is 3. The fourth-order valence-corrected chi connectivity index (χ4v) is 1.63. The molecule has 6 nitrogen and oxygen atoms in total. The van der Waals surface area contributed by atoms with Gasteiger partial charge in [0, 0.05) is 18.5 Å². The minimum absolute atomic E-state index is 0.0649. The molecular weight excluding hydrogens is 210 g/mol. The van der Waals surface area contributed by atoms with Crippen molar-refractivity contribution in [2.75, 3.05) is 19.8 Å². The maximum atomic E-state index is 11.4. The van der Waals surface area contributed by atoms with E-state index in [0.29, 0.717) is 13.0 Å². The summed E-state index contributed by atoms with van der Waals surface area (Å²) in [7, 11) is 0. The Balaban J connectivity index is 2.00. The summed E-state index contributed by atoms with van der Waals surface area (Å²) in [6.45, 7) is 0.547. The summed E-state index contributed by atoms with van der Waals surface area (Å²) in [6, 6.07) is 0. The number of amides is 2. The Morgan fingerprint density at radius 2 is 2.06 bits per heavy atom. The van der Waals surface area contributed by atoms with Crippen LogP contribution < -0.4 is 16.8 Å².